The summed E-state index contributed by atoms with van der Waals surface area (Å²) < 4.78 is 13.4. The second-order valence-electron chi connectivity index (χ2n) is 9.00. The molecule has 6 nitrogen and oxygen atoms in total. The van der Waals surface area contributed by atoms with Crippen molar-refractivity contribution in [2.45, 2.75) is 38.0 Å². The minimum atomic E-state index is -0.821. The summed E-state index contributed by atoms with van der Waals surface area (Å²) in [6, 6.07) is 22.6. The molecule has 0 unspecified atom stereocenters. The Morgan fingerprint density at radius 3 is 2.03 bits per heavy atom. The van der Waals surface area contributed by atoms with E-state index >= 15 is 0 Å². The molecule has 0 aliphatic carbocycles. The molecule has 0 aliphatic heterocycles. The van der Waals surface area contributed by atoms with Crippen LogP contribution < -0.4 is 10.6 Å². The van der Waals surface area contributed by atoms with Crippen LogP contribution >= 0.6 is 0 Å². The fraction of sp³-hybridized carbons (Fsp3) is 0.310. The number of hydrogen-bond donors (Lipinski definition) is 3. The quantitative estimate of drug-likeness (QED) is 0.385. The number of rotatable bonds is 11. The van der Waals surface area contributed by atoms with Crippen LogP contribution in [0.3, 0.4) is 0 Å². The van der Waals surface area contributed by atoms with E-state index in [-0.39, 0.29) is 30.6 Å². The third-order valence-corrected chi connectivity index (χ3v) is 6.18. The van der Waals surface area contributed by atoms with Crippen molar-refractivity contribution in [2.24, 2.45) is 0 Å². The maximum Gasteiger partial charge on any atom is 0.243 e. The normalized spacial score (nSPS) is 13.5. The molecule has 0 radical (unpaired) electrons. The first-order valence-corrected chi connectivity index (χ1v) is 12.1. The average Bonchev–Trinajstić information content (AvgIpc) is 2.90. The van der Waals surface area contributed by atoms with Crippen LogP contribution in [0.5, 0.6) is 0 Å². The van der Waals surface area contributed by atoms with Gasteiger partial charge in [-0.15, -0.1) is 0 Å². The van der Waals surface area contributed by atoms with Gasteiger partial charge in [-0.25, -0.2) is 4.39 Å². The number of aliphatic hydroxyl groups excluding tert-OH is 1. The molecule has 0 saturated carbocycles. The summed E-state index contributed by atoms with van der Waals surface area (Å²) in [6.45, 7) is 1.65. The third kappa shape index (κ3) is 7.47. The van der Waals surface area contributed by atoms with Crippen LogP contribution in [0.1, 0.15) is 18.1 Å². The SMILES string of the molecule is CN[C@H](Cc1ccc(-c2ccccc2)cc1)C(=O)N(C)[C@H](Cc1ccc(F)cc1)C(=O)NC[C@@H](C)O. The Bertz CT molecular complexity index is 1120. The summed E-state index contributed by atoms with van der Waals surface area (Å²) in [7, 11) is 3.32. The molecular formula is C29H34FN3O3. The van der Waals surface area contributed by atoms with E-state index in [9.17, 15) is 19.1 Å². The van der Waals surface area contributed by atoms with E-state index in [0.29, 0.717) is 6.42 Å². The molecule has 3 rings (SSSR count). The van der Waals surface area contributed by atoms with Crippen LogP contribution in [-0.4, -0.2) is 60.6 Å². The van der Waals surface area contributed by atoms with Crippen molar-refractivity contribution in [3.8, 4) is 11.1 Å². The van der Waals surface area contributed by atoms with Crippen LogP contribution in [0.2, 0.25) is 0 Å². The van der Waals surface area contributed by atoms with E-state index in [1.165, 1.54) is 17.0 Å². The summed E-state index contributed by atoms with van der Waals surface area (Å²) in [6.07, 6.45) is -0.0470. The molecule has 0 bridgehead atoms. The van der Waals surface area contributed by atoms with Gasteiger partial charge in [0.2, 0.25) is 11.8 Å². The van der Waals surface area contributed by atoms with Crippen LogP contribution in [0, 0.1) is 5.82 Å². The highest BCUT2D eigenvalue weighted by Crippen LogP contribution is 2.20. The van der Waals surface area contributed by atoms with Gasteiger partial charge in [-0.1, -0.05) is 66.7 Å². The maximum absolute atomic E-state index is 13.5. The highest BCUT2D eigenvalue weighted by atomic mass is 19.1. The van der Waals surface area contributed by atoms with Crippen molar-refractivity contribution in [3.63, 3.8) is 0 Å². The van der Waals surface area contributed by atoms with E-state index < -0.39 is 18.2 Å². The van der Waals surface area contributed by atoms with Crippen molar-refractivity contribution in [2.75, 3.05) is 20.6 Å². The summed E-state index contributed by atoms with van der Waals surface area (Å²) in [4.78, 5) is 27.9. The van der Waals surface area contributed by atoms with Gasteiger partial charge in [0.25, 0.3) is 0 Å². The smallest absolute Gasteiger partial charge is 0.243 e. The second kappa shape index (κ2) is 13.0. The molecule has 0 saturated heterocycles. The summed E-state index contributed by atoms with van der Waals surface area (Å²) in [5.41, 5.74) is 3.94. The van der Waals surface area contributed by atoms with Gasteiger partial charge in [-0.3, -0.25) is 9.59 Å². The standard InChI is InChI=1S/C29H34FN3O3/c1-20(34)19-32-28(35)27(18-22-11-15-25(30)16-12-22)33(3)29(36)26(31-2)17-21-9-13-24(14-10-21)23-7-5-4-6-8-23/h4-16,20,26-27,31,34H,17-19H2,1-3H3,(H,32,35)/t20-,26-,27-/m1/s1. The van der Waals surface area contributed by atoms with Crippen LogP contribution in [0.25, 0.3) is 11.1 Å². The molecule has 3 N–H and O–H groups in total. The Morgan fingerprint density at radius 1 is 0.889 bits per heavy atom. The molecule has 3 atom stereocenters. The lowest BCUT2D eigenvalue weighted by molar-refractivity contribution is -0.140. The van der Waals surface area contributed by atoms with Gasteiger partial charge in [0.15, 0.2) is 0 Å². The fourth-order valence-electron chi connectivity index (χ4n) is 4.03. The number of amides is 2. The summed E-state index contributed by atoms with van der Waals surface area (Å²) in [5.74, 6) is -0.978. The molecule has 0 aromatic heterocycles. The molecule has 2 amide bonds. The predicted octanol–water partition coefficient (Wildman–Crippen LogP) is 3.19. The van der Waals surface area contributed by atoms with Crippen LogP contribution in [0.4, 0.5) is 4.39 Å². The largest absolute Gasteiger partial charge is 0.392 e. The lowest BCUT2D eigenvalue weighted by Crippen LogP contribution is -2.54. The first-order chi connectivity index (χ1) is 17.3. The Morgan fingerprint density at radius 2 is 1.44 bits per heavy atom. The van der Waals surface area contributed by atoms with E-state index in [2.05, 4.69) is 10.6 Å². The highest BCUT2D eigenvalue weighted by molar-refractivity contribution is 5.90. The predicted molar refractivity (Wildman–Crippen MR) is 140 cm³/mol. The molecule has 3 aromatic carbocycles. The molecular weight excluding hydrogens is 457 g/mol. The monoisotopic (exact) mass is 491 g/mol. The van der Waals surface area contributed by atoms with Gasteiger partial charge in [0.05, 0.1) is 12.1 Å². The number of nitrogens with one attached hydrogen (secondary N) is 2. The lowest BCUT2D eigenvalue weighted by atomic mass is 9.99. The topological polar surface area (TPSA) is 81.7 Å². The number of hydrogen-bond acceptors (Lipinski definition) is 4. The van der Waals surface area contributed by atoms with E-state index in [4.69, 9.17) is 0 Å². The second-order valence-corrected chi connectivity index (χ2v) is 9.00. The lowest BCUT2D eigenvalue weighted by Gasteiger charge is -2.31. The Labute approximate surface area is 212 Å². The van der Waals surface area contributed by atoms with E-state index in [1.807, 2.05) is 54.6 Å². The average molecular weight is 492 g/mol. The summed E-state index contributed by atoms with van der Waals surface area (Å²) >= 11 is 0. The van der Waals surface area contributed by atoms with Crippen LogP contribution in [0.15, 0.2) is 78.9 Å². The van der Waals surface area contributed by atoms with Crippen LogP contribution in [-0.2, 0) is 22.4 Å². The summed E-state index contributed by atoms with van der Waals surface area (Å²) in [5, 5.41) is 15.4. The van der Waals surface area contributed by atoms with Crippen molar-refractivity contribution >= 4 is 11.8 Å². The molecule has 0 heterocycles. The zero-order valence-electron chi connectivity index (χ0n) is 20.9. The van der Waals surface area contributed by atoms with Crippen molar-refractivity contribution in [1.29, 1.82) is 0 Å². The maximum atomic E-state index is 13.5. The minimum Gasteiger partial charge on any atom is -0.392 e. The number of nitrogens with zero attached hydrogens (tertiary/aromatic N) is 1. The fourth-order valence-corrected chi connectivity index (χ4v) is 4.03. The molecule has 7 heteroatoms. The number of likely N-dealkylation sites (N-methyl/N-ethyl adjacent to an activating group) is 2. The Hall–Kier alpha value is -3.55. The number of carbonyl (C=O) groups is 2. The van der Waals surface area contributed by atoms with Gasteiger partial charge in [-0.05, 0) is 54.8 Å². The van der Waals surface area contributed by atoms with E-state index in [0.717, 1.165) is 22.3 Å². The first kappa shape index (κ1) is 27.0. The minimum absolute atomic E-state index is 0.0734. The Kier molecular flexibility index (Phi) is 9.73. The molecule has 0 fully saturated rings. The third-order valence-electron chi connectivity index (χ3n) is 6.18. The molecule has 0 spiro atoms. The Balaban J connectivity index is 1.74. The molecule has 36 heavy (non-hydrogen) atoms. The number of benzene rings is 3. The first-order valence-electron chi connectivity index (χ1n) is 12.1. The number of aliphatic hydroxyl groups is 1. The highest BCUT2D eigenvalue weighted by Gasteiger charge is 2.31. The molecule has 3 aromatic rings. The molecule has 0 aliphatic rings. The number of halogens is 1. The van der Waals surface area contributed by atoms with E-state index in [1.54, 1.807) is 33.2 Å². The van der Waals surface area contributed by atoms with Gasteiger partial charge in [0.1, 0.15) is 11.9 Å². The zero-order valence-corrected chi connectivity index (χ0v) is 20.9. The van der Waals surface area contributed by atoms with Crippen molar-refractivity contribution in [3.05, 3.63) is 95.8 Å². The van der Waals surface area contributed by atoms with Gasteiger partial charge in [-0.2, -0.15) is 0 Å². The van der Waals surface area contributed by atoms with Crippen molar-refractivity contribution in [1.82, 2.24) is 15.5 Å². The zero-order chi connectivity index (χ0) is 26.1. The number of carbonyl (C=O) groups excluding carboxylic acids is 2. The van der Waals surface area contributed by atoms with Gasteiger partial charge >= 0.3 is 0 Å². The van der Waals surface area contributed by atoms with Gasteiger partial charge < -0.3 is 20.6 Å². The molecule has 190 valence electrons. The van der Waals surface area contributed by atoms with Crippen molar-refractivity contribution < 1.29 is 19.1 Å². The van der Waals surface area contributed by atoms with Gasteiger partial charge in [0, 0.05) is 20.0 Å².